The van der Waals surface area contributed by atoms with Crippen LogP contribution in [0.1, 0.15) is 12.5 Å². The van der Waals surface area contributed by atoms with E-state index >= 15 is 0 Å². The van der Waals surface area contributed by atoms with Crippen LogP contribution in [-0.2, 0) is 6.54 Å². The molecule has 0 saturated heterocycles. The van der Waals surface area contributed by atoms with Gasteiger partial charge in [-0.1, -0.05) is 36.4 Å². The SMILES string of the molecule is CC(N)CN(C)Cc1ccc2ccccc2c1.Cl. The number of hydrogen-bond donors (Lipinski definition) is 1. The minimum atomic E-state index is 0. The van der Waals surface area contributed by atoms with E-state index in [1.54, 1.807) is 0 Å². The Kier molecular flexibility index (Phi) is 5.60. The first-order valence-electron chi connectivity index (χ1n) is 6.07. The maximum Gasteiger partial charge on any atom is 0.0231 e. The van der Waals surface area contributed by atoms with Gasteiger partial charge in [0.05, 0.1) is 0 Å². The zero-order chi connectivity index (χ0) is 12.3. The fraction of sp³-hybridized carbons (Fsp3) is 0.333. The number of nitrogens with zero attached hydrogens (tertiary/aromatic N) is 1. The molecule has 1 atom stereocenters. The average Bonchev–Trinajstić information content (AvgIpc) is 2.27. The summed E-state index contributed by atoms with van der Waals surface area (Å²) in [5.41, 5.74) is 7.14. The zero-order valence-corrected chi connectivity index (χ0v) is 11.8. The molecule has 0 radical (unpaired) electrons. The third-order valence-electron chi connectivity index (χ3n) is 2.87. The second kappa shape index (κ2) is 6.74. The van der Waals surface area contributed by atoms with Crippen molar-refractivity contribution in [3.05, 3.63) is 48.0 Å². The molecule has 2 aromatic carbocycles. The summed E-state index contributed by atoms with van der Waals surface area (Å²) in [6, 6.07) is 15.3. The van der Waals surface area contributed by atoms with Crippen LogP contribution in [0.2, 0.25) is 0 Å². The molecule has 2 aromatic rings. The standard InChI is InChI=1S/C15H20N2.ClH/c1-12(16)10-17(2)11-13-7-8-14-5-3-4-6-15(14)9-13;/h3-9,12H,10-11,16H2,1-2H3;1H. The van der Waals surface area contributed by atoms with Gasteiger partial charge >= 0.3 is 0 Å². The van der Waals surface area contributed by atoms with E-state index in [2.05, 4.69) is 54.4 Å². The van der Waals surface area contributed by atoms with Crippen LogP contribution in [0.25, 0.3) is 10.8 Å². The second-order valence-corrected chi connectivity index (χ2v) is 4.86. The lowest BCUT2D eigenvalue weighted by molar-refractivity contribution is 0.310. The van der Waals surface area contributed by atoms with Crippen LogP contribution in [0.3, 0.4) is 0 Å². The van der Waals surface area contributed by atoms with Crippen molar-refractivity contribution in [1.82, 2.24) is 4.90 Å². The quantitative estimate of drug-likeness (QED) is 0.920. The van der Waals surface area contributed by atoms with Crippen LogP contribution in [0.4, 0.5) is 0 Å². The van der Waals surface area contributed by atoms with E-state index in [4.69, 9.17) is 5.73 Å². The zero-order valence-electron chi connectivity index (χ0n) is 11.0. The fourth-order valence-electron chi connectivity index (χ4n) is 2.20. The molecular formula is C15H21ClN2. The molecule has 1 unspecified atom stereocenters. The summed E-state index contributed by atoms with van der Waals surface area (Å²) in [7, 11) is 2.11. The number of rotatable bonds is 4. The lowest BCUT2D eigenvalue weighted by atomic mass is 10.1. The van der Waals surface area contributed by atoms with Gasteiger partial charge in [0.25, 0.3) is 0 Å². The van der Waals surface area contributed by atoms with Crippen molar-refractivity contribution in [2.75, 3.05) is 13.6 Å². The van der Waals surface area contributed by atoms with Gasteiger partial charge in [0, 0.05) is 19.1 Å². The fourth-order valence-corrected chi connectivity index (χ4v) is 2.20. The molecule has 0 saturated carbocycles. The van der Waals surface area contributed by atoms with Gasteiger partial charge in [0.15, 0.2) is 0 Å². The highest BCUT2D eigenvalue weighted by molar-refractivity contribution is 5.85. The lowest BCUT2D eigenvalue weighted by Crippen LogP contribution is -2.32. The molecule has 2 nitrogen and oxygen atoms in total. The van der Waals surface area contributed by atoms with Crippen molar-refractivity contribution in [2.24, 2.45) is 5.73 Å². The summed E-state index contributed by atoms with van der Waals surface area (Å²) in [6.45, 7) is 3.91. The van der Waals surface area contributed by atoms with Crippen LogP contribution >= 0.6 is 12.4 Å². The molecule has 2 N–H and O–H groups in total. The van der Waals surface area contributed by atoms with E-state index in [-0.39, 0.29) is 18.4 Å². The van der Waals surface area contributed by atoms with Gasteiger partial charge in [0.2, 0.25) is 0 Å². The average molecular weight is 265 g/mol. The molecule has 0 aliphatic rings. The molecule has 0 heterocycles. The molecule has 0 aromatic heterocycles. The molecule has 0 aliphatic heterocycles. The molecule has 2 rings (SSSR count). The predicted octanol–water partition coefficient (Wildman–Crippen LogP) is 3.04. The minimum absolute atomic E-state index is 0. The van der Waals surface area contributed by atoms with Crippen molar-refractivity contribution >= 4 is 23.2 Å². The first kappa shape index (κ1) is 15.0. The number of likely N-dealkylation sites (N-methyl/N-ethyl adjacent to an activating group) is 1. The van der Waals surface area contributed by atoms with Crippen molar-refractivity contribution < 1.29 is 0 Å². The summed E-state index contributed by atoms with van der Waals surface area (Å²) in [5, 5.41) is 2.60. The Bertz CT molecular complexity index is 497. The lowest BCUT2D eigenvalue weighted by Gasteiger charge is -2.19. The van der Waals surface area contributed by atoms with E-state index in [9.17, 15) is 0 Å². The highest BCUT2D eigenvalue weighted by atomic mass is 35.5. The van der Waals surface area contributed by atoms with Gasteiger partial charge in [-0.05, 0) is 36.4 Å². The number of halogens is 1. The Labute approximate surface area is 115 Å². The summed E-state index contributed by atoms with van der Waals surface area (Å²) in [5.74, 6) is 0. The van der Waals surface area contributed by atoms with E-state index in [0.717, 1.165) is 13.1 Å². The van der Waals surface area contributed by atoms with Gasteiger partial charge in [-0.3, -0.25) is 0 Å². The van der Waals surface area contributed by atoms with Crippen LogP contribution in [-0.4, -0.2) is 24.5 Å². The first-order chi connectivity index (χ1) is 8.15. The van der Waals surface area contributed by atoms with Crippen LogP contribution in [0.5, 0.6) is 0 Å². The maximum absolute atomic E-state index is 5.80. The van der Waals surface area contributed by atoms with Gasteiger partial charge in [-0.15, -0.1) is 12.4 Å². The van der Waals surface area contributed by atoms with E-state index in [1.165, 1.54) is 16.3 Å². The Morgan fingerprint density at radius 2 is 1.78 bits per heavy atom. The second-order valence-electron chi connectivity index (χ2n) is 4.86. The summed E-state index contributed by atoms with van der Waals surface area (Å²) in [6.07, 6.45) is 0. The third kappa shape index (κ3) is 3.98. The normalized spacial score (nSPS) is 12.4. The molecule has 18 heavy (non-hydrogen) atoms. The van der Waals surface area contributed by atoms with Crippen LogP contribution < -0.4 is 5.73 Å². The molecule has 0 spiro atoms. The van der Waals surface area contributed by atoms with Crippen LogP contribution in [0.15, 0.2) is 42.5 Å². The molecule has 0 amide bonds. The topological polar surface area (TPSA) is 29.3 Å². The largest absolute Gasteiger partial charge is 0.327 e. The van der Waals surface area contributed by atoms with E-state index in [1.807, 2.05) is 6.92 Å². The molecule has 98 valence electrons. The Balaban J connectivity index is 0.00000162. The Morgan fingerprint density at radius 1 is 1.11 bits per heavy atom. The minimum Gasteiger partial charge on any atom is -0.327 e. The Morgan fingerprint density at radius 3 is 2.44 bits per heavy atom. The Hall–Kier alpha value is -1.09. The number of nitrogens with two attached hydrogens (primary N) is 1. The van der Waals surface area contributed by atoms with Gasteiger partial charge in [-0.25, -0.2) is 0 Å². The molecule has 0 aliphatic carbocycles. The highest BCUT2D eigenvalue weighted by Crippen LogP contribution is 2.16. The van der Waals surface area contributed by atoms with E-state index < -0.39 is 0 Å². The molecule has 0 bridgehead atoms. The van der Waals surface area contributed by atoms with E-state index in [0.29, 0.717) is 0 Å². The van der Waals surface area contributed by atoms with Crippen molar-refractivity contribution in [2.45, 2.75) is 19.5 Å². The van der Waals surface area contributed by atoms with Gasteiger partial charge in [-0.2, -0.15) is 0 Å². The third-order valence-corrected chi connectivity index (χ3v) is 2.87. The van der Waals surface area contributed by atoms with Crippen molar-refractivity contribution in [3.63, 3.8) is 0 Å². The summed E-state index contributed by atoms with van der Waals surface area (Å²) in [4.78, 5) is 2.26. The monoisotopic (exact) mass is 264 g/mol. The predicted molar refractivity (Wildman–Crippen MR) is 81.2 cm³/mol. The van der Waals surface area contributed by atoms with Gasteiger partial charge < -0.3 is 10.6 Å². The van der Waals surface area contributed by atoms with Crippen molar-refractivity contribution in [3.8, 4) is 0 Å². The summed E-state index contributed by atoms with van der Waals surface area (Å²) >= 11 is 0. The smallest absolute Gasteiger partial charge is 0.0231 e. The number of hydrogen-bond acceptors (Lipinski definition) is 2. The van der Waals surface area contributed by atoms with Crippen LogP contribution in [0, 0.1) is 0 Å². The molecule has 3 heteroatoms. The van der Waals surface area contributed by atoms with Gasteiger partial charge in [0.1, 0.15) is 0 Å². The summed E-state index contributed by atoms with van der Waals surface area (Å²) < 4.78 is 0. The highest BCUT2D eigenvalue weighted by Gasteiger charge is 2.03. The number of fused-ring (bicyclic) bond motifs is 1. The first-order valence-corrected chi connectivity index (χ1v) is 6.07. The molecule has 0 fully saturated rings. The van der Waals surface area contributed by atoms with Crippen molar-refractivity contribution in [1.29, 1.82) is 0 Å². The maximum atomic E-state index is 5.80. The molecular weight excluding hydrogens is 244 g/mol. The number of benzene rings is 2.